The van der Waals surface area contributed by atoms with Crippen molar-refractivity contribution in [1.82, 2.24) is 14.5 Å². The molecule has 0 atom stereocenters. The van der Waals surface area contributed by atoms with Gasteiger partial charge in [0, 0.05) is 12.7 Å². The summed E-state index contributed by atoms with van der Waals surface area (Å²) in [7, 11) is -2.57. The zero-order valence-electron chi connectivity index (χ0n) is 12.8. The molecule has 1 N–H and O–H groups in total. The Labute approximate surface area is 137 Å². The Bertz CT molecular complexity index is 1050. The summed E-state index contributed by atoms with van der Waals surface area (Å²) in [5.74, 6) is -0.234. The minimum Gasteiger partial charge on any atom is -0.464 e. The van der Waals surface area contributed by atoms with Crippen molar-refractivity contribution >= 4 is 33.0 Å². The van der Waals surface area contributed by atoms with Crippen LogP contribution >= 0.6 is 0 Å². The number of benzene rings is 1. The van der Waals surface area contributed by atoms with Crippen LogP contribution in [0, 0.1) is 0 Å². The van der Waals surface area contributed by atoms with Gasteiger partial charge in [-0.15, -0.1) is 0 Å². The van der Waals surface area contributed by atoms with Crippen LogP contribution in [0.15, 0.2) is 41.4 Å². The van der Waals surface area contributed by atoms with Gasteiger partial charge in [-0.3, -0.25) is 0 Å². The summed E-state index contributed by atoms with van der Waals surface area (Å²) in [5, 5.41) is 0. The molecule has 0 unspecified atom stereocenters. The van der Waals surface area contributed by atoms with Crippen LogP contribution in [0.2, 0.25) is 0 Å². The summed E-state index contributed by atoms with van der Waals surface area (Å²) in [6.07, 6.45) is 1.28. The van der Waals surface area contributed by atoms with Gasteiger partial charge in [0.15, 0.2) is 0 Å². The van der Waals surface area contributed by atoms with E-state index in [9.17, 15) is 13.2 Å². The molecule has 3 heterocycles. The number of imidazole rings is 1. The molecule has 3 aromatic rings. The summed E-state index contributed by atoms with van der Waals surface area (Å²) < 4.78 is 33.5. The SMILES string of the molecule is COC(=O)c1cc(S(=O)(=O)N2CCn3c2nc2ccccc23)c[nH]1. The van der Waals surface area contributed by atoms with E-state index in [0.717, 1.165) is 11.0 Å². The number of aromatic amines is 1. The molecule has 0 bridgehead atoms. The lowest BCUT2D eigenvalue weighted by atomic mass is 10.3. The number of ether oxygens (including phenoxy) is 1. The van der Waals surface area contributed by atoms with Crippen molar-refractivity contribution in [3.8, 4) is 0 Å². The quantitative estimate of drug-likeness (QED) is 0.722. The number of hydrogen-bond acceptors (Lipinski definition) is 5. The van der Waals surface area contributed by atoms with Crippen LogP contribution in [0.5, 0.6) is 0 Å². The van der Waals surface area contributed by atoms with Gasteiger partial charge in [-0.1, -0.05) is 12.1 Å². The molecule has 0 saturated heterocycles. The first kappa shape index (κ1) is 14.8. The fourth-order valence-corrected chi connectivity index (χ4v) is 4.28. The van der Waals surface area contributed by atoms with E-state index in [1.165, 1.54) is 23.7 Å². The molecule has 2 aromatic heterocycles. The lowest BCUT2D eigenvalue weighted by Crippen LogP contribution is -2.29. The Balaban J connectivity index is 1.77. The van der Waals surface area contributed by atoms with Gasteiger partial charge in [-0.05, 0) is 18.2 Å². The average molecular weight is 346 g/mol. The first-order valence-corrected chi connectivity index (χ1v) is 8.71. The summed E-state index contributed by atoms with van der Waals surface area (Å²) >= 11 is 0. The smallest absolute Gasteiger partial charge is 0.354 e. The minimum absolute atomic E-state index is 0.00315. The second-order valence-electron chi connectivity index (χ2n) is 5.37. The van der Waals surface area contributed by atoms with Crippen molar-refractivity contribution < 1.29 is 17.9 Å². The topological polar surface area (TPSA) is 97.3 Å². The van der Waals surface area contributed by atoms with Crippen molar-refractivity contribution in [2.45, 2.75) is 11.4 Å². The Morgan fingerprint density at radius 1 is 1.29 bits per heavy atom. The van der Waals surface area contributed by atoms with Crippen LogP contribution in [-0.2, 0) is 21.3 Å². The molecule has 124 valence electrons. The highest BCUT2D eigenvalue weighted by molar-refractivity contribution is 7.92. The normalized spacial score (nSPS) is 14.1. The van der Waals surface area contributed by atoms with Gasteiger partial charge in [0.05, 0.1) is 24.7 Å². The van der Waals surface area contributed by atoms with Gasteiger partial charge in [0.2, 0.25) is 5.95 Å². The molecule has 1 aromatic carbocycles. The molecule has 0 fully saturated rings. The standard InChI is InChI=1S/C15H14N4O4S/c1-23-14(20)12-8-10(9-16-12)24(21,22)19-7-6-18-13-5-3-2-4-11(13)17-15(18)19/h2-5,8-9,16H,6-7H2,1H3. The van der Waals surface area contributed by atoms with Gasteiger partial charge in [-0.2, -0.15) is 0 Å². The van der Waals surface area contributed by atoms with E-state index >= 15 is 0 Å². The van der Waals surface area contributed by atoms with Crippen LogP contribution in [0.4, 0.5) is 5.95 Å². The predicted octanol–water partition coefficient (Wildman–Crippen LogP) is 1.36. The molecule has 0 saturated carbocycles. The number of anilines is 1. The number of nitrogens with zero attached hydrogens (tertiary/aromatic N) is 3. The Morgan fingerprint density at radius 3 is 2.88 bits per heavy atom. The summed E-state index contributed by atoms with van der Waals surface area (Å²) in [6.45, 7) is 0.831. The minimum atomic E-state index is -3.81. The fourth-order valence-electron chi connectivity index (χ4n) is 2.87. The van der Waals surface area contributed by atoms with Gasteiger partial charge >= 0.3 is 5.97 Å². The number of rotatable bonds is 3. The number of esters is 1. The van der Waals surface area contributed by atoms with Crippen molar-refractivity contribution in [1.29, 1.82) is 0 Å². The number of aromatic nitrogens is 3. The zero-order valence-corrected chi connectivity index (χ0v) is 13.6. The molecule has 24 heavy (non-hydrogen) atoms. The van der Waals surface area contributed by atoms with Crippen molar-refractivity contribution in [2.75, 3.05) is 18.0 Å². The van der Waals surface area contributed by atoms with E-state index in [0.29, 0.717) is 19.0 Å². The highest BCUT2D eigenvalue weighted by atomic mass is 32.2. The first-order valence-electron chi connectivity index (χ1n) is 7.27. The predicted molar refractivity (Wildman–Crippen MR) is 86.4 cm³/mol. The van der Waals surface area contributed by atoms with Gasteiger partial charge in [-0.25, -0.2) is 22.5 Å². The lowest BCUT2D eigenvalue weighted by Gasteiger charge is -2.15. The molecular formula is C15H14N4O4S. The maximum Gasteiger partial charge on any atom is 0.354 e. The number of sulfonamides is 1. The number of fused-ring (bicyclic) bond motifs is 3. The lowest BCUT2D eigenvalue weighted by molar-refractivity contribution is 0.0595. The molecular weight excluding hydrogens is 332 g/mol. The Hall–Kier alpha value is -2.81. The summed E-state index contributed by atoms with van der Waals surface area (Å²) in [5.41, 5.74) is 1.73. The van der Waals surface area contributed by atoms with Crippen LogP contribution in [0.25, 0.3) is 11.0 Å². The van der Waals surface area contributed by atoms with Crippen molar-refractivity contribution in [3.63, 3.8) is 0 Å². The van der Waals surface area contributed by atoms with E-state index in [-0.39, 0.29) is 10.6 Å². The Morgan fingerprint density at radius 2 is 2.08 bits per heavy atom. The van der Waals surface area contributed by atoms with Crippen molar-refractivity contribution in [3.05, 3.63) is 42.2 Å². The molecule has 0 radical (unpaired) electrons. The molecule has 0 spiro atoms. The Kier molecular flexibility index (Phi) is 3.14. The third-order valence-electron chi connectivity index (χ3n) is 4.03. The van der Waals surface area contributed by atoms with Gasteiger partial charge in [0.1, 0.15) is 10.6 Å². The van der Waals surface area contributed by atoms with Crippen LogP contribution in [-0.4, -0.2) is 42.6 Å². The van der Waals surface area contributed by atoms with E-state index in [1.54, 1.807) is 0 Å². The van der Waals surface area contributed by atoms with Gasteiger partial charge < -0.3 is 14.3 Å². The van der Waals surface area contributed by atoms with E-state index in [4.69, 9.17) is 0 Å². The van der Waals surface area contributed by atoms with E-state index < -0.39 is 16.0 Å². The second-order valence-corrected chi connectivity index (χ2v) is 7.23. The fraction of sp³-hybridized carbons (Fsp3) is 0.200. The molecule has 0 aliphatic carbocycles. The molecule has 8 nitrogen and oxygen atoms in total. The van der Waals surface area contributed by atoms with E-state index in [2.05, 4.69) is 14.7 Å². The number of hydrogen-bond donors (Lipinski definition) is 1. The number of H-pyrrole nitrogens is 1. The number of para-hydroxylation sites is 2. The maximum atomic E-state index is 12.9. The highest BCUT2D eigenvalue weighted by Crippen LogP contribution is 2.31. The molecule has 4 rings (SSSR count). The number of carbonyl (C=O) groups is 1. The summed E-state index contributed by atoms with van der Waals surface area (Å²) in [6, 6.07) is 8.78. The van der Waals surface area contributed by atoms with Crippen LogP contribution < -0.4 is 4.31 Å². The average Bonchev–Trinajstić information content (AvgIpc) is 3.28. The first-order chi connectivity index (χ1) is 11.5. The van der Waals surface area contributed by atoms with Crippen LogP contribution in [0.3, 0.4) is 0 Å². The number of nitrogens with one attached hydrogen (secondary N) is 1. The van der Waals surface area contributed by atoms with Gasteiger partial charge in [0.25, 0.3) is 10.0 Å². The molecule has 0 amide bonds. The molecule has 1 aliphatic rings. The maximum absolute atomic E-state index is 12.9. The van der Waals surface area contributed by atoms with Crippen molar-refractivity contribution in [2.24, 2.45) is 0 Å². The number of carbonyl (C=O) groups excluding carboxylic acids is 1. The third-order valence-corrected chi connectivity index (χ3v) is 5.79. The molecule has 9 heteroatoms. The summed E-state index contributed by atoms with van der Waals surface area (Å²) in [4.78, 5) is 18.6. The second kappa shape index (κ2) is 5.10. The van der Waals surface area contributed by atoms with Crippen LogP contribution in [0.1, 0.15) is 10.5 Å². The number of methoxy groups -OCH3 is 1. The largest absolute Gasteiger partial charge is 0.464 e. The highest BCUT2D eigenvalue weighted by Gasteiger charge is 2.34. The van der Waals surface area contributed by atoms with E-state index in [1.807, 2.05) is 28.8 Å². The molecule has 1 aliphatic heterocycles. The monoisotopic (exact) mass is 346 g/mol. The zero-order chi connectivity index (χ0) is 16.9. The third kappa shape index (κ3) is 2.01.